The second-order valence-corrected chi connectivity index (χ2v) is 4.63. The molecular weight excluding hydrogens is 297 g/mol. The molecule has 120 valence electrons. The highest BCUT2D eigenvalue weighted by Crippen LogP contribution is 2.15. The molecule has 0 aliphatic carbocycles. The van der Waals surface area contributed by atoms with Gasteiger partial charge in [-0.3, -0.25) is 4.79 Å². The molecule has 5 nitrogen and oxygen atoms in total. The van der Waals surface area contributed by atoms with E-state index in [-0.39, 0.29) is 12.5 Å². The van der Waals surface area contributed by atoms with E-state index in [2.05, 4.69) is 15.8 Å². The molecule has 6 heteroatoms. The highest BCUT2D eigenvalue weighted by Gasteiger charge is 2.01. The lowest BCUT2D eigenvalue weighted by Crippen LogP contribution is -2.25. The predicted octanol–water partition coefficient (Wildman–Crippen LogP) is 2.79. The molecule has 2 N–H and O–H groups in total. The summed E-state index contributed by atoms with van der Waals surface area (Å²) in [6.45, 7) is 2.58. The summed E-state index contributed by atoms with van der Waals surface area (Å²) in [5.74, 6) is 0.0569. The number of hydrazone groups is 1. The van der Waals surface area contributed by atoms with Gasteiger partial charge in [0, 0.05) is 11.3 Å². The Bertz CT molecular complexity index is 672. The summed E-state index contributed by atoms with van der Waals surface area (Å²) in [6.07, 6.45) is 1.27. The molecule has 0 aliphatic heterocycles. The number of nitrogens with one attached hydrogen (secondary N) is 2. The molecular formula is C17H18FN3O2. The maximum atomic E-state index is 13.3. The number of amides is 1. The first kappa shape index (κ1) is 16.5. The summed E-state index contributed by atoms with van der Waals surface area (Å²) in [4.78, 5) is 11.7. The van der Waals surface area contributed by atoms with Crippen LogP contribution in [0.5, 0.6) is 5.75 Å². The molecule has 0 aromatic heterocycles. The number of nitrogens with zero attached hydrogens (tertiary/aromatic N) is 1. The van der Waals surface area contributed by atoms with Gasteiger partial charge in [0.15, 0.2) is 0 Å². The van der Waals surface area contributed by atoms with Gasteiger partial charge in [0.05, 0.1) is 19.4 Å². The highest BCUT2D eigenvalue weighted by atomic mass is 19.1. The maximum Gasteiger partial charge on any atom is 0.259 e. The van der Waals surface area contributed by atoms with Gasteiger partial charge in [0.1, 0.15) is 11.6 Å². The molecule has 2 aromatic carbocycles. The van der Waals surface area contributed by atoms with Crippen molar-refractivity contribution in [1.29, 1.82) is 0 Å². The van der Waals surface area contributed by atoms with Crippen molar-refractivity contribution in [2.75, 3.05) is 18.5 Å². The van der Waals surface area contributed by atoms with Gasteiger partial charge in [-0.15, -0.1) is 0 Å². The van der Waals surface area contributed by atoms with Crippen LogP contribution in [-0.4, -0.2) is 25.3 Å². The van der Waals surface area contributed by atoms with Crippen LogP contribution in [0.1, 0.15) is 12.5 Å². The maximum absolute atomic E-state index is 13.3. The minimum atomic E-state index is -0.391. The number of carbonyl (C=O) groups is 1. The Hall–Kier alpha value is -2.89. The highest BCUT2D eigenvalue weighted by molar-refractivity contribution is 5.84. The summed E-state index contributed by atoms with van der Waals surface area (Å²) >= 11 is 0. The van der Waals surface area contributed by atoms with E-state index in [1.54, 1.807) is 18.2 Å². The number of hydrogen-bond donors (Lipinski definition) is 2. The van der Waals surface area contributed by atoms with E-state index in [1.807, 2.05) is 31.2 Å². The van der Waals surface area contributed by atoms with E-state index < -0.39 is 5.82 Å². The lowest BCUT2D eigenvalue weighted by Gasteiger charge is -2.07. The third-order valence-electron chi connectivity index (χ3n) is 2.92. The Morgan fingerprint density at radius 2 is 1.96 bits per heavy atom. The first-order valence-corrected chi connectivity index (χ1v) is 7.22. The fourth-order valence-electron chi connectivity index (χ4n) is 1.81. The first-order valence-electron chi connectivity index (χ1n) is 7.22. The number of hydrogen-bond acceptors (Lipinski definition) is 4. The van der Waals surface area contributed by atoms with E-state index in [0.717, 1.165) is 11.4 Å². The molecule has 0 spiro atoms. The van der Waals surface area contributed by atoms with Crippen LogP contribution in [0.2, 0.25) is 0 Å². The van der Waals surface area contributed by atoms with Crippen molar-refractivity contribution < 1.29 is 13.9 Å². The Labute approximate surface area is 134 Å². The molecule has 0 fully saturated rings. The molecule has 1 amide bonds. The lowest BCUT2D eigenvalue weighted by molar-refractivity contribution is -0.119. The summed E-state index contributed by atoms with van der Waals surface area (Å²) in [5, 5.41) is 6.69. The van der Waals surface area contributed by atoms with Gasteiger partial charge in [-0.2, -0.15) is 5.10 Å². The van der Waals surface area contributed by atoms with Crippen molar-refractivity contribution in [3.63, 3.8) is 0 Å². The van der Waals surface area contributed by atoms with Crippen LogP contribution in [0.4, 0.5) is 10.1 Å². The molecule has 0 heterocycles. The van der Waals surface area contributed by atoms with E-state index >= 15 is 0 Å². The van der Waals surface area contributed by atoms with Gasteiger partial charge < -0.3 is 10.1 Å². The van der Waals surface area contributed by atoms with Gasteiger partial charge in [-0.25, -0.2) is 9.82 Å². The second-order valence-electron chi connectivity index (χ2n) is 4.63. The number of rotatable bonds is 7. The standard InChI is InChI=1S/C17H18FN3O2/c1-2-23-15-9-7-14(8-10-15)19-12-17(22)21-20-11-13-5-3-4-6-16(13)18/h3-11,19H,2,12H2,1H3,(H,21,22)/b20-11+. The third kappa shape index (κ3) is 5.43. The molecule has 0 unspecified atom stereocenters. The van der Waals surface area contributed by atoms with Crippen molar-refractivity contribution in [1.82, 2.24) is 5.43 Å². The zero-order chi connectivity index (χ0) is 16.5. The Morgan fingerprint density at radius 1 is 1.22 bits per heavy atom. The Kier molecular flexibility index (Phi) is 6.11. The molecule has 0 atom stereocenters. The largest absolute Gasteiger partial charge is 0.494 e. The van der Waals surface area contributed by atoms with Crippen LogP contribution >= 0.6 is 0 Å². The minimum Gasteiger partial charge on any atom is -0.494 e. The van der Waals surface area contributed by atoms with Gasteiger partial charge in [-0.05, 0) is 37.3 Å². The molecule has 2 aromatic rings. The second kappa shape index (κ2) is 8.53. The topological polar surface area (TPSA) is 62.7 Å². The van der Waals surface area contributed by atoms with Crippen LogP contribution in [-0.2, 0) is 4.79 Å². The Balaban J connectivity index is 1.78. The average Bonchev–Trinajstić information content (AvgIpc) is 2.56. The quantitative estimate of drug-likeness (QED) is 0.610. The molecule has 23 heavy (non-hydrogen) atoms. The number of benzene rings is 2. The van der Waals surface area contributed by atoms with Crippen LogP contribution in [0.3, 0.4) is 0 Å². The van der Waals surface area contributed by atoms with E-state index in [1.165, 1.54) is 12.3 Å². The van der Waals surface area contributed by atoms with Crippen LogP contribution < -0.4 is 15.5 Å². The van der Waals surface area contributed by atoms with Crippen molar-refractivity contribution in [3.8, 4) is 5.75 Å². The van der Waals surface area contributed by atoms with Crippen LogP contribution in [0, 0.1) is 5.82 Å². The molecule has 0 aliphatic rings. The Morgan fingerprint density at radius 3 is 2.65 bits per heavy atom. The monoisotopic (exact) mass is 315 g/mol. The fraction of sp³-hybridized carbons (Fsp3) is 0.176. The molecule has 2 rings (SSSR count). The smallest absolute Gasteiger partial charge is 0.259 e. The number of anilines is 1. The number of carbonyl (C=O) groups excluding carboxylic acids is 1. The lowest BCUT2D eigenvalue weighted by atomic mass is 10.2. The summed E-state index contributed by atoms with van der Waals surface area (Å²) in [7, 11) is 0. The molecule has 0 saturated heterocycles. The first-order chi connectivity index (χ1) is 11.2. The van der Waals surface area contributed by atoms with Crippen molar-refractivity contribution in [2.45, 2.75) is 6.92 Å². The molecule has 0 radical (unpaired) electrons. The summed E-state index contributed by atoms with van der Waals surface area (Å²) in [5.41, 5.74) is 3.44. The van der Waals surface area contributed by atoms with Crippen molar-refractivity contribution >= 4 is 17.8 Å². The normalized spacial score (nSPS) is 10.5. The summed E-state index contributed by atoms with van der Waals surface area (Å²) < 4.78 is 18.7. The average molecular weight is 315 g/mol. The summed E-state index contributed by atoms with van der Waals surface area (Å²) in [6, 6.07) is 13.5. The van der Waals surface area contributed by atoms with Crippen LogP contribution in [0.15, 0.2) is 53.6 Å². The van der Waals surface area contributed by atoms with Crippen molar-refractivity contribution in [2.24, 2.45) is 5.10 Å². The number of ether oxygens (including phenoxy) is 1. The third-order valence-corrected chi connectivity index (χ3v) is 2.92. The van der Waals surface area contributed by atoms with Crippen LogP contribution in [0.25, 0.3) is 0 Å². The van der Waals surface area contributed by atoms with Gasteiger partial charge in [-0.1, -0.05) is 18.2 Å². The van der Waals surface area contributed by atoms with Gasteiger partial charge in [0.2, 0.25) is 0 Å². The zero-order valence-corrected chi connectivity index (χ0v) is 12.8. The molecule has 0 bridgehead atoms. The fourth-order valence-corrected chi connectivity index (χ4v) is 1.81. The minimum absolute atomic E-state index is 0.0581. The van der Waals surface area contributed by atoms with E-state index in [4.69, 9.17) is 4.74 Å². The zero-order valence-electron chi connectivity index (χ0n) is 12.8. The number of halogens is 1. The predicted molar refractivity (Wildman–Crippen MR) is 88.2 cm³/mol. The van der Waals surface area contributed by atoms with E-state index in [0.29, 0.717) is 12.2 Å². The van der Waals surface area contributed by atoms with Crippen molar-refractivity contribution in [3.05, 3.63) is 59.9 Å². The van der Waals surface area contributed by atoms with E-state index in [9.17, 15) is 9.18 Å². The van der Waals surface area contributed by atoms with Gasteiger partial charge in [0.25, 0.3) is 5.91 Å². The van der Waals surface area contributed by atoms with Gasteiger partial charge >= 0.3 is 0 Å². The molecule has 0 saturated carbocycles. The SMILES string of the molecule is CCOc1ccc(NCC(=O)N/N=C/c2ccccc2F)cc1.